The summed E-state index contributed by atoms with van der Waals surface area (Å²) < 4.78 is 30.2. The number of carbonyl (C=O) groups is 2. The highest BCUT2D eigenvalue weighted by molar-refractivity contribution is 7.92. The number of ether oxygens (including phenoxy) is 1. The molecule has 2 amide bonds. The zero-order valence-corrected chi connectivity index (χ0v) is 15.0. The Labute approximate surface area is 151 Å². The first-order valence-corrected chi connectivity index (χ1v) is 9.90. The van der Waals surface area contributed by atoms with Gasteiger partial charge in [-0.1, -0.05) is 12.1 Å². The summed E-state index contributed by atoms with van der Waals surface area (Å²) in [5, 5.41) is 0. The molecule has 8 heteroatoms. The first-order valence-electron chi connectivity index (χ1n) is 8.01. The molecule has 1 aliphatic rings. The molecule has 136 valence electrons. The average molecular weight is 374 g/mol. The Bertz CT molecular complexity index is 903. The summed E-state index contributed by atoms with van der Waals surface area (Å²) in [6.07, 6.45) is 1.57. The minimum Gasteiger partial charge on any atom is -0.494 e. The molecule has 0 saturated carbocycles. The zero-order chi connectivity index (χ0) is 18.7. The Hall–Kier alpha value is -2.87. The van der Waals surface area contributed by atoms with Crippen LogP contribution in [0.25, 0.3) is 0 Å². The van der Waals surface area contributed by atoms with E-state index in [0.717, 1.165) is 6.26 Å². The van der Waals surface area contributed by atoms with Crippen LogP contribution in [0, 0.1) is 0 Å². The highest BCUT2D eigenvalue weighted by Crippen LogP contribution is 2.22. The van der Waals surface area contributed by atoms with Gasteiger partial charge in [-0.3, -0.25) is 19.2 Å². The number of fused-ring (bicyclic) bond motifs is 1. The van der Waals surface area contributed by atoms with Crippen molar-refractivity contribution in [2.24, 2.45) is 0 Å². The van der Waals surface area contributed by atoms with Crippen LogP contribution in [0.1, 0.15) is 27.1 Å². The van der Waals surface area contributed by atoms with Gasteiger partial charge in [-0.15, -0.1) is 0 Å². The summed E-state index contributed by atoms with van der Waals surface area (Å²) in [4.78, 5) is 25.7. The van der Waals surface area contributed by atoms with Gasteiger partial charge in [-0.05, 0) is 42.8 Å². The summed E-state index contributed by atoms with van der Waals surface area (Å²) in [7, 11) is -3.31. The fourth-order valence-electron chi connectivity index (χ4n) is 2.69. The second kappa shape index (κ2) is 7.17. The third kappa shape index (κ3) is 4.02. The summed E-state index contributed by atoms with van der Waals surface area (Å²) in [6.45, 7) is 0.603. The van der Waals surface area contributed by atoms with E-state index in [-0.39, 0.29) is 18.4 Å². The molecule has 0 bridgehead atoms. The van der Waals surface area contributed by atoms with Gasteiger partial charge in [0, 0.05) is 12.2 Å². The molecule has 0 aromatic heterocycles. The maximum atomic E-state index is 12.2. The number of hydrogen-bond acceptors (Lipinski definition) is 5. The Kier molecular flexibility index (Phi) is 4.94. The zero-order valence-electron chi connectivity index (χ0n) is 14.1. The van der Waals surface area contributed by atoms with Crippen molar-refractivity contribution in [1.82, 2.24) is 4.90 Å². The molecule has 2 aromatic carbocycles. The smallest absolute Gasteiger partial charge is 0.261 e. The van der Waals surface area contributed by atoms with Gasteiger partial charge in [0.2, 0.25) is 10.0 Å². The Balaban J connectivity index is 1.49. The number of carbonyl (C=O) groups excluding carboxylic acids is 2. The van der Waals surface area contributed by atoms with Crippen molar-refractivity contribution in [3.63, 3.8) is 0 Å². The van der Waals surface area contributed by atoms with E-state index in [1.807, 2.05) is 0 Å². The summed E-state index contributed by atoms with van der Waals surface area (Å²) in [5.74, 6) is 0.0232. The highest BCUT2D eigenvalue weighted by atomic mass is 32.2. The molecule has 2 aromatic rings. The standard InChI is InChI=1S/C18H18N2O5S/c1-26(23,24)19-13-7-9-14(10-8-13)25-12-4-11-20-17(21)15-5-2-3-6-16(15)18(20)22/h2-3,5-10,19H,4,11-12H2,1H3. The van der Waals surface area contributed by atoms with Crippen molar-refractivity contribution in [2.75, 3.05) is 24.1 Å². The van der Waals surface area contributed by atoms with Gasteiger partial charge in [-0.2, -0.15) is 0 Å². The number of benzene rings is 2. The predicted molar refractivity (Wildman–Crippen MR) is 96.8 cm³/mol. The molecule has 0 unspecified atom stereocenters. The lowest BCUT2D eigenvalue weighted by molar-refractivity contribution is 0.0646. The first kappa shape index (κ1) is 17.9. The maximum absolute atomic E-state index is 12.2. The van der Waals surface area contributed by atoms with Gasteiger partial charge in [0.1, 0.15) is 5.75 Å². The first-order chi connectivity index (χ1) is 12.3. The van der Waals surface area contributed by atoms with Crippen LogP contribution in [-0.2, 0) is 10.0 Å². The molecule has 0 spiro atoms. The summed E-state index contributed by atoms with van der Waals surface area (Å²) in [5.41, 5.74) is 1.32. The van der Waals surface area contributed by atoms with Gasteiger partial charge in [-0.25, -0.2) is 8.42 Å². The number of anilines is 1. The van der Waals surface area contributed by atoms with Crippen molar-refractivity contribution in [1.29, 1.82) is 0 Å². The highest BCUT2D eigenvalue weighted by Gasteiger charge is 2.34. The molecule has 3 rings (SSSR count). The second-order valence-corrected chi connectivity index (χ2v) is 7.66. The number of rotatable bonds is 7. The summed E-state index contributed by atoms with van der Waals surface area (Å²) in [6, 6.07) is 13.3. The molecule has 7 nitrogen and oxygen atoms in total. The number of nitrogens with zero attached hydrogens (tertiary/aromatic N) is 1. The molecule has 0 radical (unpaired) electrons. The number of amides is 2. The number of sulfonamides is 1. The molecule has 1 aliphatic heterocycles. The van der Waals surface area contributed by atoms with Crippen LogP contribution in [0.2, 0.25) is 0 Å². The molecule has 0 saturated heterocycles. The van der Waals surface area contributed by atoms with E-state index in [4.69, 9.17) is 4.74 Å². The van der Waals surface area contributed by atoms with Crippen molar-refractivity contribution >= 4 is 27.5 Å². The number of imide groups is 1. The van der Waals surface area contributed by atoms with E-state index in [0.29, 0.717) is 35.6 Å². The van der Waals surface area contributed by atoms with Crippen LogP contribution in [-0.4, -0.2) is 44.5 Å². The lowest BCUT2D eigenvalue weighted by atomic mass is 10.1. The molecule has 1 heterocycles. The van der Waals surface area contributed by atoms with Crippen molar-refractivity contribution < 1.29 is 22.7 Å². The van der Waals surface area contributed by atoms with Crippen LogP contribution in [0.5, 0.6) is 5.75 Å². The van der Waals surface area contributed by atoms with Gasteiger partial charge in [0.25, 0.3) is 11.8 Å². The maximum Gasteiger partial charge on any atom is 0.261 e. The molecule has 26 heavy (non-hydrogen) atoms. The van der Waals surface area contributed by atoms with Crippen LogP contribution in [0.3, 0.4) is 0 Å². The molecule has 0 atom stereocenters. The van der Waals surface area contributed by atoms with Gasteiger partial charge in [0.05, 0.1) is 24.0 Å². The monoisotopic (exact) mass is 374 g/mol. The quantitative estimate of drug-likeness (QED) is 0.592. The van der Waals surface area contributed by atoms with Crippen LogP contribution >= 0.6 is 0 Å². The number of nitrogens with one attached hydrogen (secondary N) is 1. The lowest BCUT2D eigenvalue weighted by Gasteiger charge is -2.14. The molecular weight excluding hydrogens is 356 g/mol. The Morgan fingerprint density at radius 1 is 0.962 bits per heavy atom. The summed E-state index contributed by atoms with van der Waals surface area (Å²) >= 11 is 0. The molecule has 0 fully saturated rings. The van der Waals surface area contributed by atoms with Crippen molar-refractivity contribution in [2.45, 2.75) is 6.42 Å². The average Bonchev–Trinajstić information content (AvgIpc) is 2.84. The van der Waals surface area contributed by atoms with Crippen LogP contribution in [0.4, 0.5) is 5.69 Å². The van der Waals surface area contributed by atoms with E-state index >= 15 is 0 Å². The molecule has 1 N–H and O–H groups in total. The fraction of sp³-hybridized carbons (Fsp3) is 0.222. The Morgan fingerprint density at radius 3 is 2.08 bits per heavy atom. The SMILES string of the molecule is CS(=O)(=O)Nc1ccc(OCCCN2C(=O)c3ccccc3C2=O)cc1. The molecular formula is C18H18N2O5S. The largest absolute Gasteiger partial charge is 0.494 e. The van der Waals surface area contributed by atoms with Gasteiger partial charge < -0.3 is 4.74 Å². The normalized spacial score (nSPS) is 13.7. The third-order valence-corrected chi connectivity index (χ3v) is 4.44. The van der Waals surface area contributed by atoms with E-state index < -0.39 is 10.0 Å². The van der Waals surface area contributed by atoms with E-state index in [9.17, 15) is 18.0 Å². The minimum absolute atomic E-state index is 0.276. The van der Waals surface area contributed by atoms with Crippen molar-refractivity contribution in [3.05, 3.63) is 59.7 Å². The van der Waals surface area contributed by atoms with Gasteiger partial charge >= 0.3 is 0 Å². The van der Waals surface area contributed by atoms with Crippen molar-refractivity contribution in [3.8, 4) is 5.75 Å². The second-order valence-electron chi connectivity index (χ2n) is 5.91. The topological polar surface area (TPSA) is 92.8 Å². The van der Waals surface area contributed by atoms with Crippen LogP contribution < -0.4 is 9.46 Å². The van der Waals surface area contributed by atoms with Crippen LogP contribution in [0.15, 0.2) is 48.5 Å². The van der Waals surface area contributed by atoms with Gasteiger partial charge in [0.15, 0.2) is 0 Å². The Morgan fingerprint density at radius 2 is 1.54 bits per heavy atom. The third-order valence-electron chi connectivity index (χ3n) is 3.83. The fourth-order valence-corrected chi connectivity index (χ4v) is 3.25. The minimum atomic E-state index is -3.31. The van der Waals surface area contributed by atoms with E-state index in [1.165, 1.54) is 4.90 Å². The molecule has 0 aliphatic carbocycles. The number of hydrogen-bond donors (Lipinski definition) is 1. The lowest BCUT2D eigenvalue weighted by Crippen LogP contribution is -2.31. The van der Waals surface area contributed by atoms with E-state index in [1.54, 1.807) is 48.5 Å². The van der Waals surface area contributed by atoms with E-state index in [2.05, 4.69) is 4.72 Å². The predicted octanol–water partition coefficient (Wildman–Crippen LogP) is 2.12.